The lowest BCUT2D eigenvalue weighted by Crippen LogP contribution is -2.57. The van der Waals surface area contributed by atoms with Gasteiger partial charge in [0.1, 0.15) is 12.1 Å². The molecule has 3 amide bonds. The van der Waals surface area contributed by atoms with Crippen molar-refractivity contribution in [3.63, 3.8) is 0 Å². The molecule has 0 spiro atoms. The smallest absolute Gasteiger partial charge is 0.246 e. The number of aryl methyl sites for hydroxylation is 1. The van der Waals surface area contributed by atoms with E-state index >= 15 is 0 Å². The molecular formula is C24H32N4O4S. The van der Waals surface area contributed by atoms with Crippen LogP contribution in [0.5, 0.6) is 0 Å². The number of nitrogens with zero attached hydrogens (tertiary/aromatic N) is 2. The third-order valence-corrected chi connectivity index (χ3v) is 6.73. The molecular weight excluding hydrogens is 440 g/mol. The fourth-order valence-corrected chi connectivity index (χ4v) is 4.80. The van der Waals surface area contributed by atoms with E-state index < -0.39 is 23.6 Å². The largest absolute Gasteiger partial charge is 0.391 e. The van der Waals surface area contributed by atoms with Gasteiger partial charge in [-0.25, -0.2) is 4.98 Å². The van der Waals surface area contributed by atoms with Crippen molar-refractivity contribution in [1.29, 1.82) is 0 Å². The van der Waals surface area contributed by atoms with Crippen molar-refractivity contribution in [2.45, 2.75) is 65.8 Å². The molecule has 2 heterocycles. The van der Waals surface area contributed by atoms with E-state index in [4.69, 9.17) is 0 Å². The predicted octanol–water partition coefficient (Wildman–Crippen LogP) is 2.25. The summed E-state index contributed by atoms with van der Waals surface area (Å²) in [6, 6.07) is 6.32. The zero-order valence-corrected chi connectivity index (χ0v) is 20.5. The molecule has 3 atom stereocenters. The zero-order valence-electron chi connectivity index (χ0n) is 19.7. The maximum atomic E-state index is 13.3. The van der Waals surface area contributed by atoms with Gasteiger partial charge in [-0.2, -0.15) is 0 Å². The molecule has 1 aliphatic rings. The molecule has 0 bridgehead atoms. The number of aromatic nitrogens is 1. The quantitative estimate of drug-likeness (QED) is 0.597. The minimum atomic E-state index is -0.793. The third-order valence-electron chi connectivity index (χ3n) is 5.75. The van der Waals surface area contributed by atoms with E-state index in [1.165, 1.54) is 11.8 Å². The Morgan fingerprint density at radius 2 is 1.91 bits per heavy atom. The van der Waals surface area contributed by atoms with Crippen LogP contribution in [0.1, 0.15) is 45.4 Å². The highest BCUT2D eigenvalue weighted by molar-refractivity contribution is 7.13. The number of hydrogen-bond acceptors (Lipinski definition) is 6. The number of benzene rings is 1. The first kappa shape index (κ1) is 24.9. The van der Waals surface area contributed by atoms with Gasteiger partial charge in [0.2, 0.25) is 17.7 Å². The summed E-state index contributed by atoms with van der Waals surface area (Å²) in [7, 11) is 0. The Kier molecular flexibility index (Phi) is 7.54. The first-order chi connectivity index (χ1) is 15.5. The fraction of sp³-hybridized carbons (Fsp3) is 0.500. The van der Waals surface area contributed by atoms with E-state index in [2.05, 4.69) is 15.6 Å². The monoisotopic (exact) mass is 472 g/mol. The molecule has 1 aromatic carbocycles. The Balaban J connectivity index is 1.67. The third kappa shape index (κ3) is 5.97. The van der Waals surface area contributed by atoms with Gasteiger partial charge < -0.3 is 20.6 Å². The van der Waals surface area contributed by atoms with Gasteiger partial charge in [0, 0.05) is 26.4 Å². The van der Waals surface area contributed by atoms with Crippen LogP contribution >= 0.6 is 11.3 Å². The van der Waals surface area contributed by atoms with Crippen LogP contribution in [-0.2, 0) is 20.9 Å². The van der Waals surface area contributed by atoms with Crippen molar-refractivity contribution in [3.8, 4) is 10.4 Å². The summed E-state index contributed by atoms with van der Waals surface area (Å²) >= 11 is 1.59. The summed E-state index contributed by atoms with van der Waals surface area (Å²) < 4.78 is 0. The summed E-state index contributed by atoms with van der Waals surface area (Å²) in [6.07, 6.45) is -0.623. The number of aliphatic hydroxyl groups is 1. The number of rotatable bonds is 6. The molecule has 0 aliphatic carbocycles. The van der Waals surface area contributed by atoms with Crippen molar-refractivity contribution in [1.82, 2.24) is 20.5 Å². The van der Waals surface area contributed by atoms with Crippen molar-refractivity contribution >= 4 is 29.1 Å². The molecule has 1 aromatic heterocycles. The zero-order chi connectivity index (χ0) is 24.3. The Bertz CT molecular complexity index is 1010. The second-order valence-electron chi connectivity index (χ2n) is 9.58. The molecule has 178 valence electrons. The Morgan fingerprint density at radius 1 is 1.24 bits per heavy atom. The highest BCUT2D eigenvalue weighted by atomic mass is 32.1. The van der Waals surface area contributed by atoms with E-state index in [0.29, 0.717) is 6.54 Å². The molecule has 1 saturated heterocycles. The standard InChI is InChI=1S/C24H32N4O4S/c1-14-20(33-13-26-14)17-8-6-16(7-9-17)11-25-22(31)19-10-18(30)12-28(19)23(32)21(24(3,4)5)27-15(2)29/h6-9,13,18-19,21,30H,10-12H2,1-5H3,(H,25,31)(H,27,29)/t18-,19?,21-/m1/s1. The molecule has 1 fully saturated rings. The summed E-state index contributed by atoms with van der Waals surface area (Å²) in [6.45, 7) is 9.26. The van der Waals surface area contributed by atoms with Crippen LogP contribution < -0.4 is 10.6 Å². The fourth-order valence-electron chi connectivity index (χ4n) is 3.98. The summed E-state index contributed by atoms with van der Waals surface area (Å²) in [5, 5.41) is 15.8. The number of likely N-dealkylation sites (tertiary alicyclic amines) is 1. The van der Waals surface area contributed by atoms with Crippen LogP contribution in [0.25, 0.3) is 10.4 Å². The Hall–Kier alpha value is -2.78. The number of nitrogens with one attached hydrogen (secondary N) is 2. The highest BCUT2D eigenvalue weighted by Crippen LogP contribution is 2.28. The van der Waals surface area contributed by atoms with Crippen LogP contribution in [-0.4, -0.2) is 57.4 Å². The maximum absolute atomic E-state index is 13.3. The van der Waals surface area contributed by atoms with Crippen molar-refractivity contribution in [2.75, 3.05) is 6.54 Å². The molecule has 1 aliphatic heterocycles. The average molecular weight is 473 g/mol. The van der Waals surface area contributed by atoms with Gasteiger partial charge in [0.15, 0.2) is 0 Å². The van der Waals surface area contributed by atoms with Gasteiger partial charge in [-0.05, 0) is 23.5 Å². The summed E-state index contributed by atoms with van der Waals surface area (Å²) in [5.41, 5.74) is 4.26. The molecule has 8 nitrogen and oxygen atoms in total. The van der Waals surface area contributed by atoms with Crippen LogP contribution in [0.15, 0.2) is 29.8 Å². The predicted molar refractivity (Wildman–Crippen MR) is 127 cm³/mol. The summed E-state index contributed by atoms with van der Waals surface area (Å²) in [5.74, 6) is -1.00. The topological polar surface area (TPSA) is 112 Å². The van der Waals surface area contributed by atoms with E-state index in [1.54, 1.807) is 11.3 Å². The number of carbonyl (C=O) groups excluding carboxylic acids is 3. The first-order valence-corrected chi connectivity index (χ1v) is 11.9. The number of amides is 3. The number of thiazole rings is 1. The second kappa shape index (κ2) is 10.0. The molecule has 3 rings (SSSR count). The normalized spacial score (nSPS) is 19.3. The lowest BCUT2D eigenvalue weighted by atomic mass is 9.85. The number of hydrogen-bond donors (Lipinski definition) is 3. The lowest BCUT2D eigenvalue weighted by molar-refractivity contribution is -0.143. The Labute approximate surface area is 198 Å². The average Bonchev–Trinajstić information content (AvgIpc) is 3.35. The Morgan fingerprint density at radius 3 is 2.45 bits per heavy atom. The van der Waals surface area contributed by atoms with Gasteiger partial charge in [-0.3, -0.25) is 14.4 Å². The molecule has 3 N–H and O–H groups in total. The van der Waals surface area contributed by atoms with Crippen molar-refractivity contribution in [3.05, 3.63) is 41.0 Å². The van der Waals surface area contributed by atoms with Crippen LogP contribution in [0.2, 0.25) is 0 Å². The van der Waals surface area contributed by atoms with E-state index in [-0.39, 0.29) is 30.7 Å². The lowest BCUT2D eigenvalue weighted by Gasteiger charge is -2.35. The molecule has 0 radical (unpaired) electrons. The van der Waals surface area contributed by atoms with Gasteiger partial charge >= 0.3 is 0 Å². The van der Waals surface area contributed by atoms with Gasteiger partial charge in [-0.1, -0.05) is 45.0 Å². The number of carbonyl (C=O) groups is 3. The van der Waals surface area contributed by atoms with E-state index in [0.717, 1.165) is 21.7 Å². The van der Waals surface area contributed by atoms with Gasteiger partial charge in [0.25, 0.3) is 0 Å². The maximum Gasteiger partial charge on any atom is 0.246 e. The molecule has 33 heavy (non-hydrogen) atoms. The minimum absolute atomic E-state index is 0.0615. The number of aliphatic hydroxyl groups excluding tert-OH is 1. The van der Waals surface area contributed by atoms with Crippen LogP contribution in [0.3, 0.4) is 0 Å². The minimum Gasteiger partial charge on any atom is -0.391 e. The highest BCUT2D eigenvalue weighted by Gasteiger charge is 2.44. The van der Waals surface area contributed by atoms with Crippen molar-refractivity contribution in [2.24, 2.45) is 5.41 Å². The van der Waals surface area contributed by atoms with Crippen LogP contribution in [0.4, 0.5) is 0 Å². The van der Waals surface area contributed by atoms with Crippen molar-refractivity contribution < 1.29 is 19.5 Å². The molecule has 0 saturated carbocycles. The molecule has 1 unspecified atom stereocenters. The summed E-state index contributed by atoms with van der Waals surface area (Å²) in [4.78, 5) is 44.7. The van der Waals surface area contributed by atoms with Gasteiger partial charge in [0.05, 0.1) is 22.2 Å². The van der Waals surface area contributed by atoms with E-state index in [9.17, 15) is 19.5 Å². The second-order valence-corrected chi connectivity index (χ2v) is 10.4. The SMILES string of the molecule is CC(=O)N[C@H](C(=O)N1C[C@H](O)CC1C(=O)NCc1ccc(-c2scnc2C)cc1)C(C)(C)C. The van der Waals surface area contributed by atoms with E-state index in [1.807, 2.05) is 57.5 Å². The first-order valence-electron chi connectivity index (χ1n) is 11.0. The number of β-amino-alcohol motifs (C(OH)–C–C–N with tert-alkyl or cyclic N) is 1. The van der Waals surface area contributed by atoms with Crippen LogP contribution in [0, 0.1) is 12.3 Å². The van der Waals surface area contributed by atoms with Gasteiger partial charge in [-0.15, -0.1) is 11.3 Å². The molecule has 2 aromatic rings. The molecule has 9 heteroatoms.